The monoisotopic (exact) mass is 367 g/mol. The van der Waals surface area contributed by atoms with Gasteiger partial charge in [-0.05, 0) is 31.0 Å². The molecule has 0 aliphatic heterocycles. The zero-order valence-corrected chi connectivity index (χ0v) is 15.6. The van der Waals surface area contributed by atoms with Crippen molar-refractivity contribution in [3.63, 3.8) is 0 Å². The molecule has 1 aromatic heterocycles. The second kappa shape index (κ2) is 8.12. The van der Waals surface area contributed by atoms with Crippen LogP contribution in [0.25, 0.3) is 11.4 Å². The van der Waals surface area contributed by atoms with Crippen LogP contribution in [-0.4, -0.2) is 16.0 Å². The van der Waals surface area contributed by atoms with Crippen LogP contribution in [0.1, 0.15) is 48.1 Å². The number of aryl methyl sites for hydroxylation is 1. The molecule has 3 aromatic rings. The number of amides is 1. The fraction of sp³-hybridized carbons (Fsp3) is 0.286. The Kier molecular flexibility index (Phi) is 5.64. The quantitative estimate of drug-likeness (QED) is 0.686. The molecule has 0 aliphatic carbocycles. The van der Waals surface area contributed by atoms with Gasteiger partial charge in [-0.15, -0.1) is 0 Å². The maximum absolute atomic E-state index is 13.4. The first-order chi connectivity index (χ1) is 13.0. The summed E-state index contributed by atoms with van der Waals surface area (Å²) in [6.07, 6.45) is 0.802. The molecule has 1 amide bonds. The van der Waals surface area contributed by atoms with Gasteiger partial charge in [-0.2, -0.15) is 4.98 Å². The van der Waals surface area contributed by atoms with Crippen LogP contribution in [0.15, 0.2) is 53.1 Å². The molecular formula is C21H22FN3O2. The minimum Gasteiger partial charge on any atom is -0.340 e. The van der Waals surface area contributed by atoms with Crippen molar-refractivity contribution in [3.05, 3.63) is 71.4 Å². The SMILES string of the molecule is CC[C@H](C)[C@@H](NC(=O)c1cccc(F)c1)c1nc(-c2ccc(C)cc2)no1. The van der Waals surface area contributed by atoms with Gasteiger partial charge in [-0.1, -0.05) is 61.3 Å². The van der Waals surface area contributed by atoms with E-state index in [1.54, 1.807) is 6.07 Å². The highest BCUT2D eigenvalue weighted by Crippen LogP contribution is 2.26. The Hall–Kier alpha value is -3.02. The van der Waals surface area contributed by atoms with E-state index in [0.717, 1.165) is 17.5 Å². The second-order valence-electron chi connectivity index (χ2n) is 6.67. The van der Waals surface area contributed by atoms with Crippen LogP contribution < -0.4 is 5.32 Å². The molecule has 1 N–H and O–H groups in total. The van der Waals surface area contributed by atoms with Crippen molar-refractivity contribution >= 4 is 5.91 Å². The Bertz CT molecular complexity index is 921. The van der Waals surface area contributed by atoms with Crippen molar-refractivity contribution in [2.24, 2.45) is 5.92 Å². The molecule has 140 valence electrons. The summed E-state index contributed by atoms with van der Waals surface area (Å²) in [5.74, 6) is 0.0360. The molecule has 0 fully saturated rings. The number of carbonyl (C=O) groups excluding carboxylic acids is 1. The van der Waals surface area contributed by atoms with E-state index in [1.807, 2.05) is 45.0 Å². The summed E-state index contributed by atoms with van der Waals surface area (Å²) in [4.78, 5) is 17.0. The first kappa shape index (κ1) is 18.8. The zero-order valence-electron chi connectivity index (χ0n) is 15.6. The molecule has 2 atom stereocenters. The Balaban J connectivity index is 1.85. The number of aromatic nitrogens is 2. The van der Waals surface area contributed by atoms with Gasteiger partial charge in [0.05, 0.1) is 0 Å². The molecule has 0 spiro atoms. The van der Waals surface area contributed by atoms with Crippen molar-refractivity contribution in [2.45, 2.75) is 33.2 Å². The van der Waals surface area contributed by atoms with Crippen LogP contribution in [0.4, 0.5) is 4.39 Å². The highest BCUT2D eigenvalue weighted by Gasteiger charge is 2.27. The normalized spacial score (nSPS) is 13.2. The average Bonchev–Trinajstić information content (AvgIpc) is 3.15. The number of benzene rings is 2. The van der Waals surface area contributed by atoms with E-state index in [1.165, 1.54) is 18.2 Å². The number of hydrogen-bond acceptors (Lipinski definition) is 4. The fourth-order valence-corrected chi connectivity index (χ4v) is 2.72. The molecule has 0 aliphatic rings. The summed E-state index contributed by atoms with van der Waals surface area (Å²) in [7, 11) is 0. The standard InChI is InChI=1S/C21H22FN3O2/c1-4-14(3)18(23-20(26)16-6-5-7-17(22)12-16)21-24-19(25-27-21)15-10-8-13(2)9-11-15/h5-12,14,18H,4H2,1-3H3,(H,23,26)/t14-,18+/m0/s1. The van der Waals surface area contributed by atoms with Crippen molar-refractivity contribution in [1.82, 2.24) is 15.5 Å². The lowest BCUT2D eigenvalue weighted by Gasteiger charge is -2.20. The molecule has 0 radical (unpaired) electrons. The largest absolute Gasteiger partial charge is 0.340 e. The molecule has 27 heavy (non-hydrogen) atoms. The van der Waals surface area contributed by atoms with Gasteiger partial charge in [-0.3, -0.25) is 4.79 Å². The lowest BCUT2D eigenvalue weighted by molar-refractivity contribution is 0.0909. The minimum absolute atomic E-state index is 0.0637. The molecule has 5 nitrogen and oxygen atoms in total. The first-order valence-electron chi connectivity index (χ1n) is 8.95. The van der Waals surface area contributed by atoms with E-state index >= 15 is 0 Å². The summed E-state index contributed by atoms with van der Waals surface area (Å²) in [6, 6.07) is 12.9. The predicted octanol–water partition coefficient (Wildman–Crippen LogP) is 4.70. The van der Waals surface area contributed by atoms with Crippen molar-refractivity contribution < 1.29 is 13.7 Å². The number of nitrogens with one attached hydrogen (secondary N) is 1. The smallest absolute Gasteiger partial charge is 0.252 e. The van der Waals surface area contributed by atoms with Crippen molar-refractivity contribution in [1.29, 1.82) is 0 Å². The molecule has 0 saturated heterocycles. The van der Waals surface area contributed by atoms with E-state index in [0.29, 0.717) is 11.7 Å². The number of halogens is 1. The van der Waals surface area contributed by atoms with Gasteiger partial charge in [0.15, 0.2) is 0 Å². The van der Waals surface area contributed by atoms with Gasteiger partial charge >= 0.3 is 0 Å². The van der Waals surface area contributed by atoms with Gasteiger partial charge in [0, 0.05) is 11.1 Å². The van der Waals surface area contributed by atoms with Gasteiger partial charge in [0.25, 0.3) is 5.91 Å². The van der Waals surface area contributed by atoms with Crippen LogP contribution in [0, 0.1) is 18.7 Å². The van der Waals surface area contributed by atoms with E-state index in [2.05, 4.69) is 15.5 Å². The van der Waals surface area contributed by atoms with Crippen molar-refractivity contribution in [3.8, 4) is 11.4 Å². The highest BCUT2D eigenvalue weighted by molar-refractivity contribution is 5.94. The molecule has 0 bridgehead atoms. The minimum atomic E-state index is -0.461. The number of nitrogens with zero attached hydrogens (tertiary/aromatic N) is 2. The number of rotatable bonds is 6. The molecule has 6 heteroatoms. The van der Waals surface area contributed by atoms with E-state index in [9.17, 15) is 9.18 Å². The first-order valence-corrected chi connectivity index (χ1v) is 8.95. The topological polar surface area (TPSA) is 68.0 Å². The summed E-state index contributed by atoms with van der Waals surface area (Å²) in [5, 5.41) is 6.95. The molecule has 0 saturated carbocycles. The number of hydrogen-bond donors (Lipinski definition) is 1. The Morgan fingerprint density at radius 2 is 1.96 bits per heavy atom. The maximum Gasteiger partial charge on any atom is 0.252 e. The second-order valence-corrected chi connectivity index (χ2v) is 6.67. The molecule has 3 rings (SSSR count). The Morgan fingerprint density at radius 1 is 1.22 bits per heavy atom. The van der Waals surface area contributed by atoms with Gasteiger partial charge in [0.2, 0.25) is 11.7 Å². The lowest BCUT2D eigenvalue weighted by atomic mass is 9.98. The predicted molar refractivity (Wildman–Crippen MR) is 101 cm³/mol. The zero-order chi connectivity index (χ0) is 19.4. The maximum atomic E-state index is 13.4. The third kappa shape index (κ3) is 4.39. The Labute approximate surface area is 157 Å². The van der Waals surface area contributed by atoms with E-state index in [-0.39, 0.29) is 17.4 Å². The van der Waals surface area contributed by atoms with Crippen LogP contribution in [-0.2, 0) is 0 Å². The molecule has 1 heterocycles. The molecular weight excluding hydrogens is 345 g/mol. The third-order valence-corrected chi connectivity index (χ3v) is 4.60. The lowest BCUT2D eigenvalue weighted by Crippen LogP contribution is -2.32. The van der Waals surface area contributed by atoms with Gasteiger partial charge < -0.3 is 9.84 Å². The van der Waals surface area contributed by atoms with E-state index < -0.39 is 11.9 Å². The highest BCUT2D eigenvalue weighted by atomic mass is 19.1. The van der Waals surface area contributed by atoms with Crippen molar-refractivity contribution in [2.75, 3.05) is 0 Å². The molecule has 0 unspecified atom stereocenters. The third-order valence-electron chi connectivity index (χ3n) is 4.60. The molecule has 2 aromatic carbocycles. The fourth-order valence-electron chi connectivity index (χ4n) is 2.72. The number of carbonyl (C=O) groups is 1. The summed E-state index contributed by atoms with van der Waals surface area (Å²) in [5.41, 5.74) is 2.24. The average molecular weight is 367 g/mol. The van der Waals surface area contributed by atoms with Gasteiger partial charge in [0.1, 0.15) is 11.9 Å². The Morgan fingerprint density at radius 3 is 2.63 bits per heavy atom. The van der Waals surface area contributed by atoms with Crippen LogP contribution in [0.2, 0.25) is 0 Å². The van der Waals surface area contributed by atoms with Crippen LogP contribution in [0.5, 0.6) is 0 Å². The van der Waals surface area contributed by atoms with Crippen LogP contribution >= 0.6 is 0 Å². The summed E-state index contributed by atoms with van der Waals surface area (Å²) >= 11 is 0. The summed E-state index contributed by atoms with van der Waals surface area (Å²) < 4.78 is 18.9. The van der Waals surface area contributed by atoms with Crippen LogP contribution in [0.3, 0.4) is 0 Å². The van der Waals surface area contributed by atoms with Gasteiger partial charge in [-0.25, -0.2) is 4.39 Å². The van der Waals surface area contributed by atoms with E-state index in [4.69, 9.17) is 4.52 Å². The summed E-state index contributed by atoms with van der Waals surface area (Å²) in [6.45, 7) is 6.02.